The maximum atomic E-state index is 9.95. The number of rotatable bonds is 4. The van der Waals surface area contributed by atoms with Gasteiger partial charge in [-0.2, -0.15) is 0 Å². The van der Waals surface area contributed by atoms with Crippen molar-refractivity contribution < 1.29 is 5.11 Å². The van der Waals surface area contributed by atoms with E-state index in [0.29, 0.717) is 5.69 Å². The number of aliphatic hydroxyl groups is 1. The number of nitrogens with zero attached hydrogens (tertiary/aromatic N) is 3. The van der Waals surface area contributed by atoms with Gasteiger partial charge in [0.1, 0.15) is 5.69 Å². The number of aliphatic hydroxyl groups excluding tert-OH is 1. The zero-order chi connectivity index (χ0) is 21.3. The Balaban J connectivity index is 1.31. The highest BCUT2D eigenvalue weighted by Crippen LogP contribution is 2.50. The highest BCUT2D eigenvalue weighted by atomic mass is 16.3. The summed E-state index contributed by atoms with van der Waals surface area (Å²) in [7, 11) is 0. The molecule has 1 aliphatic heterocycles. The lowest BCUT2D eigenvalue weighted by atomic mass is 9.73. The third-order valence-electron chi connectivity index (χ3n) is 6.89. The van der Waals surface area contributed by atoms with Gasteiger partial charge in [0.2, 0.25) is 0 Å². The summed E-state index contributed by atoms with van der Waals surface area (Å²) in [4.78, 5) is 11.6. The third kappa shape index (κ3) is 3.75. The first kappa shape index (κ1) is 19.9. The summed E-state index contributed by atoms with van der Waals surface area (Å²) in [6, 6.07) is 18.8. The van der Waals surface area contributed by atoms with Crippen molar-refractivity contribution >= 4 is 18.0 Å². The van der Waals surface area contributed by atoms with Crippen molar-refractivity contribution in [2.24, 2.45) is 11.1 Å². The summed E-state index contributed by atoms with van der Waals surface area (Å²) in [5.41, 5.74) is 12.0. The van der Waals surface area contributed by atoms with E-state index in [0.717, 1.165) is 49.4 Å². The van der Waals surface area contributed by atoms with Gasteiger partial charge in [-0.15, -0.1) is 0 Å². The molecular weight excluding hydrogens is 384 g/mol. The van der Waals surface area contributed by atoms with Crippen LogP contribution in [0, 0.1) is 5.41 Å². The Bertz CT molecular complexity index is 1090. The van der Waals surface area contributed by atoms with Gasteiger partial charge in [-0.1, -0.05) is 60.7 Å². The summed E-state index contributed by atoms with van der Waals surface area (Å²) < 4.78 is 0. The molecule has 5 nitrogen and oxygen atoms in total. The van der Waals surface area contributed by atoms with Gasteiger partial charge in [-0.25, -0.2) is 9.97 Å². The number of piperidine rings is 1. The van der Waals surface area contributed by atoms with E-state index >= 15 is 0 Å². The van der Waals surface area contributed by atoms with E-state index in [-0.39, 0.29) is 18.1 Å². The number of hydrogen-bond acceptors (Lipinski definition) is 5. The molecule has 1 saturated heterocycles. The Kier molecular flexibility index (Phi) is 5.30. The van der Waals surface area contributed by atoms with Crippen LogP contribution in [0.2, 0.25) is 0 Å². The van der Waals surface area contributed by atoms with Crippen LogP contribution in [0.5, 0.6) is 0 Å². The lowest BCUT2D eigenvalue weighted by molar-refractivity contribution is 0.186. The number of anilines is 1. The van der Waals surface area contributed by atoms with Gasteiger partial charge in [-0.3, -0.25) is 0 Å². The standard InChI is InChI=1S/C26H28N4O/c27-24-22-9-5-4-8-20(22)16-26(24)12-14-30(15-13-26)25-23(18-31)29-21(17-28-25)11-10-19-6-2-1-3-7-19/h1-11,17,24,31H,12-16,18,27H2. The van der Waals surface area contributed by atoms with E-state index in [9.17, 15) is 5.11 Å². The van der Waals surface area contributed by atoms with Gasteiger partial charge >= 0.3 is 0 Å². The largest absolute Gasteiger partial charge is 0.390 e. The molecule has 1 unspecified atom stereocenters. The molecule has 0 amide bonds. The number of aromatic nitrogens is 2. The van der Waals surface area contributed by atoms with Crippen molar-refractivity contribution in [2.75, 3.05) is 18.0 Å². The number of nitrogens with two attached hydrogens (primary N) is 1. The SMILES string of the molecule is NC1c2ccccc2CC12CCN(c1ncc(C=Cc3ccccc3)nc1CO)CC2. The lowest BCUT2D eigenvalue weighted by Gasteiger charge is -2.42. The van der Waals surface area contributed by atoms with Crippen molar-refractivity contribution in [3.05, 3.63) is 88.9 Å². The van der Waals surface area contributed by atoms with Crippen LogP contribution >= 0.6 is 0 Å². The Hall–Kier alpha value is -3.02. The molecular formula is C26H28N4O. The Morgan fingerprint density at radius 2 is 1.77 bits per heavy atom. The first-order chi connectivity index (χ1) is 15.2. The van der Waals surface area contributed by atoms with Crippen LogP contribution in [-0.4, -0.2) is 28.2 Å². The van der Waals surface area contributed by atoms with Crippen LogP contribution < -0.4 is 10.6 Å². The molecule has 3 N–H and O–H groups in total. The van der Waals surface area contributed by atoms with Gasteiger partial charge in [0.15, 0.2) is 5.82 Å². The van der Waals surface area contributed by atoms with Crippen LogP contribution in [0.15, 0.2) is 60.8 Å². The molecule has 0 radical (unpaired) electrons. The van der Waals surface area contributed by atoms with Crippen LogP contribution in [-0.2, 0) is 13.0 Å². The van der Waals surface area contributed by atoms with E-state index in [2.05, 4.69) is 39.1 Å². The quantitative estimate of drug-likeness (QED) is 0.678. The average Bonchev–Trinajstić information content (AvgIpc) is 3.10. The van der Waals surface area contributed by atoms with E-state index in [1.807, 2.05) is 42.5 Å². The summed E-state index contributed by atoms with van der Waals surface area (Å²) in [6.45, 7) is 1.63. The molecule has 31 heavy (non-hydrogen) atoms. The Morgan fingerprint density at radius 1 is 1.03 bits per heavy atom. The first-order valence-electron chi connectivity index (χ1n) is 11.0. The smallest absolute Gasteiger partial charge is 0.152 e. The monoisotopic (exact) mass is 412 g/mol. The minimum absolute atomic E-state index is 0.0970. The van der Waals surface area contributed by atoms with Gasteiger partial charge in [-0.05, 0) is 47.4 Å². The first-order valence-corrected chi connectivity index (χ1v) is 11.0. The summed E-state index contributed by atoms with van der Waals surface area (Å²) in [5.74, 6) is 0.790. The molecule has 1 aromatic heterocycles. The topological polar surface area (TPSA) is 75.3 Å². The second kappa shape index (κ2) is 8.25. The fraction of sp³-hybridized carbons (Fsp3) is 0.308. The molecule has 2 aliphatic rings. The molecule has 5 rings (SSSR count). The van der Waals surface area contributed by atoms with Crippen LogP contribution in [0.3, 0.4) is 0 Å². The molecule has 0 bridgehead atoms. The molecule has 1 aliphatic carbocycles. The fourth-order valence-corrected chi connectivity index (χ4v) is 5.10. The van der Waals surface area contributed by atoms with Crippen molar-refractivity contribution in [3.8, 4) is 0 Å². The molecule has 1 spiro atoms. The highest BCUT2D eigenvalue weighted by Gasteiger charge is 2.46. The normalized spacial score (nSPS) is 19.8. The van der Waals surface area contributed by atoms with Gasteiger partial charge < -0.3 is 15.7 Å². The number of benzene rings is 2. The van der Waals surface area contributed by atoms with Crippen LogP contribution in [0.4, 0.5) is 5.82 Å². The predicted molar refractivity (Wildman–Crippen MR) is 124 cm³/mol. The maximum absolute atomic E-state index is 9.95. The van der Waals surface area contributed by atoms with Crippen molar-refractivity contribution in [2.45, 2.75) is 31.9 Å². The number of fused-ring (bicyclic) bond motifs is 1. The molecule has 3 aromatic rings. The number of hydrogen-bond donors (Lipinski definition) is 2. The average molecular weight is 413 g/mol. The van der Waals surface area contributed by atoms with E-state index in [1.54, 1.807) is 6.20 Å². The minimum Gasteiger partial charge on any atom is -0.390 e. The molecule has 1 fully saturated rings. The molecule has 5 heteroatoms. The summed E-state index contributed by atoms with van der Waals surface area (Å²) in [5, 5.41) is 9.95. The second-order valence-corrected chi connectivity index (χ2v) is 8.67. The maximum Gasteiger partial charge on any atom is 0.152 e. The van der Waals surface area contributed by atoms with Crippen LogP contribution in [0.1, 0.15) is 47.0 Å². The summed E-state index contributed by atoms with van der Waals surface area (Å²) in [6.07, 6.45) is 8.82. The zero-order valence-corrected chi connectivity index (χ0v) is 17.6. The van der Waals surface area contributed by atoms with Gasteiger partial charge in [0.05, 0.1) is 18.5 Å². The second-order valence-electron chi connectivity index (χ2n) is 8.67. The fourth-order valence-electron chi connectivity index (χ4n) is 5.10. The van der Waals surface area contributed by atoms with Gasteiger partial charge in [0, 0.05) is 19.1 Å². The molecule has 158 valence electrons. The Morgan fingerprint density at radius 3 is 2.52 bits per heavy atom. The van der Waals surface area contributed by atoms with Gasteiger partial charge in [0.25, 0.3) is 0 Å². The summed E-state index contributed by atoms with van der Waals surface area (Å²) >= 11 is 0. The lowest BCUT2D eigenvalue weighted by Crippen LogP contribution is -2.45. The molecule has 1 atom stereocenters. The molecule has 2 aromatic carbocycles. The minimum atomic E-state index is -0.123. The molecule has 0 saturated carbocycles. The Labute approximate surface area is 183 Å². The van der Waals surface area contributed by atoms with Crippen molar-refractivity contribution in [1.82, 2.24) is 9.97 Å². The van der Waals surface area contributed by atoms with Crippen molar-refractivity contribution in [3.63, 3.8) is 0 Å². The highest BCUT2D eigenvalue weighted by molar-refractivity contribution is 5.68. The van der Waals surface area contributed by atoms with E-state index < -0.39 is 0 Å². The van der Waals surface area contributed by atoms with Crippen LogP contribution in [0.25, 0.3) is 12.2 Å². The van der Waals surface area contributed by atoms with E-state index in [4.69, 9.17) is 5.73 Å². The zero-order valence-electron chi connectivity index (χ0n) is 17.6. The predicted octanol–water partition coefficient (Wildman–Crippen LogP) is 3.98. The third-order valence-corrected chi connectivity index (χ3v) is 6.89. The van der Waals surface area contributed by atoms with E-state index in [1.165, 1.54) is 11.1 Å². The van der Waals surface area contributed by atoms with Crippen molar-refractivity contribution in [1.29, 1.82) is 0 Å². The molecule has 2 heterocycles.